The molecule has 0 aliphatic carbocycles. The molecule has 0 fully saturated rings. The van der Waals surface area contributed by atoms with E-state index in [9.17, 15) is 0 Å². The van der Waals surface area contributed by atoms with Crippen LogP contribution in [0.4, 0.5) is 5.69 Å². The monoisotopic (exact) mass is 479 g/mol. The first-order chi connectivity index (χ1) is 8.58. The maximum absolute atomic E-state index is 3.59. The number of benzene rings is 2. The van der Waals surface area contributed by atoms with Crippen LogP contribution in [0.5, 0.6) is 0 Å². The van der Waals surface area contributed by atoms with Crippen LogP contribution < -0.4 is 5.32 Å². The topological polar surface area (TPSA) is 12.0 Å². The van der Waals surface area contributed by atoms with E-state index in [4.69, 9.17) is 0 Å². The third-order valence-corrected chi connectivity index (χ3v) is 4.83. The molecular formula is C14H12Br2IN. The second-order valence-corrected chi connectivity index (χ2v) is 6.94. The number of rotatable bonds is 3. The molecule has 0 heterocycles. The number of hydrogen-bond donors (Lipinski definition) is 1. The molecule has 0 saturated carbocycles. The molecule has 0 aromatic heterocycles. The highest BCUT2D eigenvalue weighted by atomic mass is 127. The smallest absolute Gasteiger partial charge is 0.0497 e. The zero-order valence-corrected chi connectivity index (χ0v) is 15.1. The lowest BCUT2D eigenvalue weighted by molar-refractivity contribution is 0.877. The van der Waals surface area contributed by atoms with Crippen molar-refractivity contribution in [1.29, 1.82) is 0 Å². The average Bonchev–Trinajstić information content (AvgIpc) is 2.34. The molecule has 94 valence electrons. The van der Waals surface area contributed by atoms with E-state index in [0.29, 0.717) is 0 Å². The Bertz CT molecular complexity index is 557. The van der Waals surface area contributed by atoms with E-state index in [1.807, 2.05) is 6.07 Å². The highest BCUT2D eigenvalue weighted by Crippen LogP contribution is 2.29. The van der Waals surface area contributed by atoms with Gasteiger partial charge in [-0.1, -0.05) is 50.1 Å². The SMILES string of the molecule is CC(Nc1cc(Br)ccc1I)c1ccccc1Br. The lowest BCUT2D eigenvalue weighted by Gasteiger charge is -2.18. The first-order valence-corrected chi connectivity index (χ1v) is 8.20. The Hall–Kier alpha value is -0.0700. The molecule has 0 aliphatic heterocycles. The molecule has 2 aromatic carbocycles. The highest BCUT2D eigenvalue weighted by molar-refractivity contribution is 14.1. The molecule has 0 bridgehead atoms. The van der Waals surface area contributed by atoms with Crippen molar-refractivity contribution in [3.63, 3.8) is 0 Å². The fraction of sp³-hybridized carbons (Fsp3) is 0.143. The zero-order valence-electron chi connectivity index (χ0n) is 9.75. The van der Waals surface area contributed by atoms with E-state index >= 15 is 0 Å². The number of nitrogens with one attached hydrogen (secondary N) is 1. The van der Waals surface area contributed by atoms with Gasteiger partial charge in [-0.15, -0.1) is 0 Å². The van der Waals surface area contributed by atoms with Crippen molar-refractivity contribution < 1.29 is 0 Å². The maximum atomic E-state index is 3.59. The van der Waals surface area contributed by atoms with E-state index in [1.165, 1.54) is 9.13 Å². The van der Waals surface area contributed by atoms with Crippen molar-refractivity contribution in [2.24, 2.45) is 0 Å². The van der Waals surface area contributed by atoms with Gasteiger partial charge in [-0.25, -0.2) is 0 Å². The fourth-order valence-corrected chi connectivity index (χ4v) is 3.23. The average molecular weight is 481 g/mol. The van der Waals surface area contributed by atoms with Crippen LogP contribution in [-0.4, -0.2) is 0 Å². The van der Waals surface area contributed by atoms with Crippen molar-refractivity contribution in [2.45, 2.75) is 13.0 Å². The Morgan fingerprint density at radius 2 is 1.83 bits per heavy atom. The van der Waals surface area contributed by atoms with Gasteiger partial charge in [0.15, 0.2) is 0 Å². The molecule has 0 saturated heterocycles. The highest BCUT2D eigenvalue weighted by Gasteiger charge is 2.10. The number of hydrogen-bond acceptors (Lipinski definition) is 1. The zero-order chi connectivity index (χ0) is 13.1. The molecule has 0 spiro atoms. The van der Waals surface area contributed by atoms with Gasteiger partial charge in [-0.05, 0) is 59.3 Å². The van der Waals surface area contributed by atoms with Gasteiger partial charge in [0.05, 0.1) is 0 Å². The van der Waals surface area contributed by atoms with Crippen LogP contribution in [0.15, 0.2) is 51.4 Å². The van der Waals surface area contributed by atoms with Crippen LogP contribution in [0.3, 0.4) is 0 Å². The summed E-state index contributed by atoms with van der Waals surface area (Å²) in [5.41, 5.74) is 2.40. The molecule has 0 amide bonds. The Kier molecular flexibility index (Phi) is 5.09. The van der Waals surface area contributed by atoms with E-state index in [0.717, 1.165) is 14.6 Å². The Morgan fingerprint density at radius 1 is 1.11 bits per heavy atom. The molecule has 0 aliphatic rings. The summed E-state index contributed by atoms with van der Waals surface area (Å²) >= 11 is 9.44. The molecule has 1 atom stereocenters. The van der Waals surface area contributed by atoms with Crippen molar-refractivity contribution in [2.75, 3.05) is 5.32 Å². The Balaban J connectivity index is 2.24. The van der Waals surface area contributed by atoms with Crippen LogP contribution >= 0.6 is 54.5 Å². The number of halogens is 3. The summed E-state index contributed by atoms with van der Waals surface area (Å²) in [5, 5.41) is 3.54. The van der Waals surface area contributed by atoms with Gasteiger partial charge in [0.25, 0.3) is 0 Å². The Labute approximate surface area is 138 Å². The lowest BCUT2D eigenvalue weighted by atomic mass is 10.1. The van der Waals surface area contributed by atoms with Crippen molar-refractivity contribution in [3.05, 3.63) is 60.5 Å². The molecule has 4 heteroatoms. The maximum Gasteiger partial charge on any atom is 0.0497 e. The quantitative estimate of drug-likeness (QED) is 0.532. The van der Waals surface area contributed by atoms with E-state index in [1.54, 1.807) is 0 Å². The molecule has 1 unspecified atom stereocenters. The molecule has 1 nitrogen and oxygen atoms in total. The predicted molar refractivity (Wildman–Crippen MR) is 93.0 cm³/mol. The van der Waals surface area contributed by atoms with E-state index in [-0.39, 0.29) is 6.04 Å². The standard InChI is InChI=1S/C14H12Br2IN/c1-9(11-4-2-3-5-12(11)16)18-14-8-10(15)6-7-13(14)17/h2-9,18H,1H3. The van der Waals surface area contributed by atoms with Crippen LogP contribution in [0.1, 0.15) is 18.5 Å². The van der Waals surface area contributed by atoms with Crippen molar-refractivity contribution in [1.82, 2.24) is 0 Å². The van der Waals surface area contributed by atoms with Crippen LogP contribution in [0.25, 0.3) is 0 Å². The summed E-state index contributed by atoms with van der Waals surface area (Å²) in [6, 6.07) is 14.8. The van der Waals surface area contributed by atoms with Crippen molar-refractivity contribution in [3.8, 4) is 0 Å². The Morgan fingerprint density at radius 3 is 2.56 bits per heavy atom. The minimum absolute atomic E-state index is 0.253. The number of anilines is 1. The van der Waals surface area contributed by atoms with Gasteiger partial charge in [0, 0.05) is 24.2 Å². The van der Waals surface area contributed by atoms with Gasteiger partial charge < -0.3 is 5.32 Å². The second kappa shape index (κ2) is 6.39. The molecule has 18 heavy (non-hydrogen) atoms. The van der Waals surface area contributed by atoms with Gasteiger partial charge >= 0.3 is 0 Å². The minimum Gasteiger partial charge on any atom is -0.378 e. The van der Waals surface area contributed by atoms with E-state index in [2.05, 4.69) is 103 Å². The largest absolute Gasteiger partial charge is 0.378 e. The summed E-state index contributed by atoms with van der Waals surface area (Å²) in [7, 11) is 0. The van der Waals surface area contributed by atoms with E-state index < -0.39 is 0 Å². The van der Waals surface area contributed by atoms with Gasteiger partial charge in [0.1, 0.15) is 0 Å². The molecule has 2 rings (SSSR count). The van der Waals surface area contributed by atoms with Crippen LogP contribution in [-0.2, 0) is 0 Å². The summed E-state index contributed by atoms with van der Waals surface area (Å²) in [6.07, 6.45) is 0. The van der Waals surface area contributed by atoms with Crippen LogP contribution in [0.2, 0.25) is 0 Å². The normalized spacial score (nSPS) is 12.2. The first kappa shape index (κ1) is 14.3. The van der Waals surface area contributed by atoms with Gasteiger partial charge in [-0.2, -0.15) is 0 Å². The molecule has 0 radical (unpaired) electrons. The molecular weight excluding hydrogens is 469 g/mol. The van der Waals surface area contributed by atoms with Crippen LogP contribution in [0, 0.1) is 3.57 Å². The fourth-order valence-electron chi connectivity index (χ4n) is 1.75. The summed E-state index contributed by atoms with van der Waals surface area (Å²) in [6.45, 7) is 2.16. The summed E-state index contributed by atoms with van der Waals surface area (Å²) < 4.78 is 3.44. The first-order valence-electron chi connectivity index (χ1n) is 5.54. The van der Waals surface area contributed by atoms with Gasteiger partial charge in [0.2, 0.25) is 0 Å². The molecule has 2 aromatic rings. The minimum atomic E-state index is 0.253. The van der Waals surface area contributed by atoms with Crippen molar-refractivity contribution >= 4 is 60.1 Å². The third kappa shape index (κ3) is 3.48. The molecule has 1 N–H and O–H groups in total. The summed E-state index contributed by atoms with van der Waals surface area (Å²) in [5.74, 6) is 0. The summed E-state index contributed by atoms with van der Waals surface area (Å²) in [4.78, 5) is 0. The van der Waals surface area contributed by atoms with Gasteiger partial charge in [-0.3, -0.25) is 0 Å². The predicted octanol–water partition coefficient (Wildman–Crippen LogP) is 5.99. The second-order valence-electron chi connectivity index (χ2n) is 4.01. The third-order valence-electron chi connectivity index (χ3n) is 2.67. The lowest BCUT2D eigenvalue weighted by Crippen LogP contribution is -2.08.